The van der Waals surface area contributed by atoms with Gasteiger partial charge in [0.05, 0.1) is 0 Å². The maximum atomic E-state index is 2.54. The smallest absolute Gasteiger partial charge is 0.0398 e. The predicted molar refractivity (Wildman–Crippen MR) is 71.0 cm³/mol. The number of para-hydroxylation sites is 1. The molecular formula is C15H23N. The normalized spacial score (nSPS) is 16.8. The van der Waals surface area contributed by atoms with E-state index in [-0.39, 0.29) is 0 Å². The molecule has 0 atom stereocenters. The zero-order chi connectivity index (χ0) is 11.6. The van der Waals surface area contributed by atoms with Crippen LogP contribution in [-0.2, 0) is 6.42 Å². The predicted octanol–water partition coefficient (Wildman–Crippen LogP) is 3.88. The van der Waals surface area contributed by atoms with Crippen molar-refractivity contribution in [1.82, 2.24) is 0 Å². The third kappa shape index (κ3) is 2.78. The first-order valence-corrected chi connectivity index (χ1v) is 6.39. The summed E-state index contributed by atoms with van der Waals surface area (Å²) < 4.78 is 0. The van der Waals surface area contributed by atoms with Crippen LogP contribution in [0.4, 0.5) is 5.69 Å². The third-order valence-electron chi connectivity index (χ3n) is 3.16. The Morgan fingerprint density at radius 3 is 2.31 bits per heavy atom. The Morgan fingerprint density at radius 1 is 1.06 bits per heavy atom. The van der Waals surface area contributed by atoms with Crippen molar-refractivity contribution in [1.29, 1.82) is 0 Å². The van der Waals surface area contributed by atoms with Gasteiger partial charge in [-0.2, -0.15) is 0 Å². The molecule has 1 nitrogen and oxygen atoms in total. The second-order valence-electron chi connectivity index (χ2n) is 6.06. The molecule has 0 bridgehead atoms. The molecule has 0 amide bonds. The van der Waals surface area contributed by atoms with Gasteiger partial charge in [-0.1, -0.05) is 39.0 Å². The summed E-state index contributed by atoms with van der Waals surface area (Å²) in [4.78, 5) is 2.54. The number of hydrogen-bond donors (Lipinski definition) is 0. The van der Waals surface area contributed by atoms with Crippen LogP contribution in [0.2, 0.25) is 0 Å². The highest BCUT2D eigenvalue weighted by Crippen LogP contribution is 2.29. The van der Waals surface area contributed by atoms with Gasteiger partial charge in [0.2, 0.25) is 0 Å². The quantitative estimate of drug-likeness (QED) is 0.726. The van der Waals surface area contributed by atoms with Gasteiger partial charge in [0.1, 0.15) is 0 Å². The zero-order valence-electron chi connectivity index (χ0n) is 10.8. The van der Waals surface area contributed by atoms with Crippen LogP contribution in [0.25, 0.3) is 0 Å². The molecule has 16 heavy (non-hydrogen) atoms. The number of nitrogens with zero attached hydrogens (tertiary/aromatic N) is 1. The molecule has 0 saturated carbocycles. The van der Waals surface area contributed by atoms with E-state index >= 15 is 0 Å². The standard InChI is InChI=1S/C15H23N/c1-15(2,3)12-13-8-4-5-9-14(13)16-10-6-7-11-16/h4-5,8-9H,6-7,10-12H2,1-3H3. The molecule has 1 aliphatic heterocycles. The van der Waals surface area contributed by atoms with Gasteiger partial charge in [0.25, 0.3) is 0 Å². The number of hydrogen-bond acceptors (Lipinski definition) is 1. The molecule has 1 aromatic carbocycles. The summed E-state index contributed by atoms with van der Waals surface area (Å²) in [6.07, 6.45) is 3.87. The first kappa shape index (κ1) is 11.5. The van der Waals surface area contributed by atoms with Crippen molar-refractivity contribution in [3.8, 4) is 0 Å². The fourth-order valence-corrected chi connectivity index (χ4v) is 2.50. The van der Waals surface area contributed by atoms with Crippen molar-refractivity contribution in [2.45, 2.75) is 40.0 Å². The fourth-order valence-electron chi connectivity index (χ4n) is 2.50. The number of benzene rings is 1. The number of anilines is 1. The Balaban J connectivity index is 2.23. The van der Waals surface area contributed by atoms with Crippen LogP contribution in [0.5, 0.6) is 0 Å². The molecule has 2 rings (SSSR count). The van der Waals surface area contributed by atoms with Crippen molar-refractivity contribution in [2.75, 3.05) is 18.0 Å². The van der Waals surface area contributed by atoms with Crippen LogP contribution in [0, 0.1) is 5.41 Å². The second kappa shape index (κ2) is 4.48. The molecule has 0 unspecified atom stereocenters. The van der Waals surface area contributed by atoms with Crippen LogP contribution < -0.4 is 4.90 Å². The topological polar surface area (TPSA) is 3.24 Å². The minimum atomic E-state index is 0.371. The van der Waals surface area contributed by atoms with Crippen LogP contribution in [-0.4, -0.2) is 13.1 Å². The minimum Gasteiger partial charge on any atom is -0.371 e. The Morgan fingerprint density at radius 2 is 1.69 bits per heavy atom. The molecule has 0 radical (unpaired) electrons. The summed E-state index contributed by atoms with van der Waals surface area (Å²) in [5.41, 5.74) is 3.35. The average molecular weight is 217 g/mol. The first-order chi connectivity index (χ1) is 7.56. The fraction of sp³-hybridized carbons (Fsp3) is 0.600. The average Bonchev–Trinajstić information content (AvgIpc) is 2.69. The largest absolute Gasteiger partial charge is 0.371 e. The summed E-state index contributed by atoms with van der Waals surface area (Å²) in [5, 5.41) is 0. The maximum absolute atomic E-state index is 2.54. The summed E-state index contributed by atoms with van der Waals surface area (Å²) in [5.74, 6) is 0. The molecule has 1 heterocycles. The molecule has 0 N–H and O–H groups in total. The minimum absolute atomic E-state index is 0.371. The maximum Gasteiger partial charge on any atom is 0.0398 e. The van der Waals surface area contributed by atoms with Crippen molar-refractivity contribution in [3.05, 3.63) is 29.8 Å². The lowest BCUT2D eigenvalue weighted by atomic mass is 9.87. The molecule has 1 heteroatoms. The summed E-state index contributed by atoms with van der Waals surface area (Å²) in [6, 6.07) is 8.91. The molecule has 0 aliphatic carbocycles. The van der Waals surface area contributed by atoms with Crippen LogP contribution in [0.15, 0.2) is 24.3 Å². The molecule has 1 fully saturated rings. The van der Waals surface area contributed by atoms with E-state index in [2.05, 4.69) is 49.9 Å². The lowest BCUT2D eigenvalue weighted by Crippen LogP contribution is -2.21. The molecule has 0 spiro atoms. The summed E-state index contributed by atoms with van der Waals surface area (Å²) in [6.45, 7) is 9.41. The Labute approximate surface area is 99.5 Å². The highest BCUT2D eigenvalue weighted by Gasteiger charge is 2.18. The van der Waals surface area contributed by atoms with Crippen LogP contribution in [0.3, 0.4) is 0 Å². The van der Waals surface area contributed by atoms with Gasteiger partial charge >= 0.3 is 0 Å². The Kier molecular flexibility index (Phi) is 3.22. The third-order valence-corrected chi connectivity index (χ3v) is 3.16. The zero-order valence-corrected chi connectivity index (χ0v) is 10.8. The van der Waals surface area contributed by atoms with Gasteiger partial charge in [0, 0.05) is 18.8 Å². The van der Waals surface area contributed by atoms with Crippen molar-refractivity contribution >= 4 is 5.69 Å². The molecular weight excluding hydrogens is 194 g/mol. The lowest BCUT2D eigenvalue weighted by Gasteiger charge is -2.25. The van der Waals surface area contributed by atoms with Crippen molar-refractivity contribution in [3.63, 3.8) is 0 Å². The van der Waals surface area contributed by atoms with Gasteiger partial charge in [-0.25, -0.2) is 0 Å². The van der Waals surface area contributed by atoms with Gasteiger partial charge in [0.15, 0.2) is 0 Å². The number of rotatable bonds is 2. The summed E-state index contributed by atoms with van der Waals surface area (Å²) >= 11 is 0. The van der Waals surface area contributed by atoms with E-state index in [9.17, 15) is 0 Å². The van der Waals surface area contributed by atoms with E-state index in [4.69, 9.17) is 0 Å². The molecule has 1 aromatic rings. The van der Waals surface area contributed by atoms with Crippen LogP contribution >= 0.6 is 0 Å². The lowest BCUT2D eigenvalue weighted by molar-refractivity contribution is 0.411. The van der Waals surface area contributed by atoms with E-state index in [0.29, 0.717) is 5.41 Å². The van der Waals surface area contributed by atoms with E-state index < -0.39 is 0 Å². The van der Waals surface area contributed by atoms with Gasteiger partial charge < -0.3 is 4.90 Å². The van der Waals surface area contributed by atoms with Gasteiger partial charge in [-0.3, -0.25) is 0 Å². The SMILES string of the molecule is CC(C)(C)Cc1ccccc1N1CCCC1. The summed E-state index contributed by atoms with van der Waals surface area (Å²) in [7, 11) is 0. The van der Waals surface area contributed by atoms with Crippen molar-refractivity contribution < 1.29 is 0 Å². The van der Waals surface area contributed by atoms with E-state index in [1.165, 1.54) is 43.6 Å². The molecule has 0 aromatic heterocycles. The van der Waals surface area contributed by atoms with Gasteiger partial charge in [-0.05, 0) is 36.3 Å². The first-order valence-electron chi connectivity index (χ1n) is 6.39. The van der Waals surface area contributed by atoms with Crippen molar-refractivity contribution in [2.24, 2.45) is 5.41 Å². The van der Waals surface area contributed by atoms with Crippen LogP contribution in [0.1, 0.15) is 39.2 Å². The monoisotopic (exact) mass is 217 g/mol. The highest BCUT2D eigenvalue weighted by molar-refractivity contribution is 5.54. The van der Waals surface area contributed by atoms with E-state index in [1.807, 2.05) is 0 Å². The molecule has 88 valence electrons. The second-order valence-corrected chi connectivity index (χ2v) is 6.06. The molecule has 1 saturated heterocycles. The Hall–Kier alpha value is -0.980. The molecule has 1 aliphatic rings. The highest BCUT2D eigenvalue weighted by atomic mass is 15.1. The van der Waals surface area contributed by atoms with E-state index in [1.54, 1.807) is 0 Å². The Bertz CT molecular complexity index is 343. The van der Waals surface area contributed by atoms with E-state index in [0.717, 1.165) is 0 Å². The van der Waals surface area contributed by atoms with Gasteiger partial charge in [-0.15, -0.1) is 0 Å².